The topological polar surface area (TPSA) is 12.0 Å². The molecular formula is C13H17BrClN. The van der Waals surface area contributed by atoms with Gasteiger partial charge in [0.05, 0.1) is 0 Å². The van der Waals surface area contributed by atoms with Gasteiger partial charge in [0.2, 0.25) is 0 Å². The largest absolute Gasteiger partial charge is 0.316 e. The molecule has 0 unspecified atom stereocenters. The summed E-state index contributed by atoms with van der Waals surface area (Å²) in [5.74, 6) is 0.526. The van der Waals surface area contributed by atoms with Gasteiger partial charge in [-0.2, -0.15) is 0 Å². The second-order valence-corrected chi connectivity index (χ2v) is 5.36. The first-order valence-corrected chi connectivity index (χ1v) is 6.51. The summed E-state index contributed by atoms with van der Waals surface area (Å²) < 4.78 is 1.08. The van der Waals surface area contributed by atoms with Crippen LogP contribution in [0.15, 0.2) is 28.2 Å². The number of hydrogen-bond acceptors (Lipinski definition) is 1. The average molecular weight is 303 g/mol. The SMILES string of the molecule is CNCC(=Cc1cc(Cl)ccc1Br)C(C)C. The monoisotopic (exact) mass is 301 g/mol. The summed E-state index contributed by atoms with van der Waals surface area (Å²) in [5.41, 5.74) is 2.50. The van der Waals surface area contributed by atoms with Crippen LogP contribution in [0, 0.1) is 5.92 Å². The molecule has 0 fully saturated rings. The van der Waals surface area contributed by atoms with Crippen LogP contribution in [0.4, 0.5) is 0 Å². The van der Waals surface area contributed by atoms with Crippen molar-refractivity contribution in [3.8, 4) is 0 Å². The van der Waals surface area contributed by atoms with Crippen LogP contribution in [0.1, 0.15) is 19.4 Å². The molecule has 1 aromatic carbocycles. The van der Waals surface area contributed by atoms with Gasteiger partial charge in [0.1, 0.15) is 0 Å². The molecule has 1 N–H and O–H groups in total. The molecule has 0 saturated heterocycles. The lowest BCUT2D eigenvalue weighted by atomic mass is 10.0. The van der Waals surface area contributed by atoms with Crippen molar-refractivity contribution in [1.29, 1.82) is 0 Å². The fourth-order valence-electron chi connectivity index (χ4n) is 1.45. The third-order valence-corrected chi connectivity index (χ3v) is 3.38. The summed E-state index contributed by atoms with van der Waals surface area (Å²) in [5, 5.41) is 3.95. The minimum Gasteiger partial charge on any atom is -0.316 e. The molecule has 0 amide bonds. The fourth-order valence-corrected chi connectivity index (χ4v) is 1.99. The molecule has 0 aliphatic heterocycles. The van der Waals surface area contributed by atoms with Crippen LogP contribution >= 0.6 is 27.5 Å². The van der Waals surface area contributed by atoms with Gasteiger partial charge in [-0.15, -0.1) is 0 Å². The summed E-state index contributed by atoms with van der Waals surface area (Å²) in [4.78, 5) is 0. The Labute approximate surface area is 111 Å². The fraction of sp³-hybridized carbons (Fsp3) is 0.385. The van der Waals surface area contributed by atoms with Crippen LogP contribution in [-0.4, -0.2) is 13.6 Å². The van der Waals surface area contributed by atoms with E-state index in [1.165, 1.54) is 5.57 Å². The summed E-state index contributed by atoms with van der Waals surface area (Å²) in [6.45, 7) is 5.29. The molecule has 88 valence electrons. The molecule has 0 bridgehead atoms. The molecule has 0 aromatic heterocycles. The summed E-state index contributed by atoms with van der Waals surface area (Å²) in [7, 11) is 1.96. The van der Waals surface area contributed by atoms with Crippen LogP contribution in [0.2, 0.25) is 5.02 Å². The third-order valence-electron chi connectivity index (χ3n) is 2.42. The Morgan fingerprint density at radius 3 is 2.75 bits per heavy atom. The number of rotatable bonds is 4. The smallest absolute Gasteiger partial charge is 0.0412 e. The van der Waals surface area contributed by atoms with Crippen LogP contribution in [0.5, 0.6) is 0 Å². The van der Waals surface area contributed by atoms with E-state index in [0.29, 0.717) is 5.92 Å². The van der Waals surface area contributed by atoms with E-state index < -0.39 is 0 Å². The average Bonchev–Trinajstić information content (AvgIpc) is 2.22. The van der Waals surface area contributed by atoms with Crippen LogP contribution in [-0.2, 0) is 0 Å². The van der Waals surface area contributed by atoms with Gasteiger partial charge in [0, 0.05) is 16.0 Å². The Hall–Kier alpha value is -0.310. The molecule has 1 nitrogen and oxygen atoms in total. The predicted octanol–water partition coefficient (Wildman–Crippen LogP) is 4.36. The highest BCUT2D eigenvalue weighted by Gasteiger charge is 2.04. The van der Waals surface area contributed by atoms with E-state index in [-0.39, 0.29) is 0 Å². The Bertz CT molecular complexity index is 386. The number of benzene rings is 1. The van der Waals surface area contributed by atoms with E-state index in [1.807, 2.05) is 25.2 Å². The Morgan fingerprint density at radius 1 is 1.50 bits per heavy atom. The van der Waals surface area contributed by atoms with E-state index in [2.05, 4.69) is 41.2 Å². The maximum atomic E-state index is 5.99. The molecule has 1 rings (SSSR count). The first-order valence-electron chi connectivity index (χ1n) is 5.34. The second-order valence-electron chi connectivity index (χ2n) is 4.07. The minimum atomic E-state index is 0.526. The first kappa shape index (κ1) is 13.8. The van der Waals surface area contributed by atoms with Crippen molar-refractivity contribution in [3.05, 3.63) is 38.8 Å². The van der Waals surface area contributed by atoms with Crippen LogP contribution in [0.3, 0.4) is 0 Å². The van der Waals surface area contributed by atoms with E-state index in [0.717, 1.165) is 21.6 Å². The lowest BCUT2D eigenvalue weighted by Gasteiger charge is -2.11. The van der Waals surface area contributed by atoms with Gasteiger partial charge < -0.3 is 5.32 Å². The zero-order valence-corrected chi connectivity index (χ0v) is 12.2. The van der Waals surface area contributed by atoms with Gasteiger partial charge in [-0.1, -0.05) is 53.0 Å². The van der Waals surface area contributed by atoms with Gasteiger partial charge in [0.25, 0.3) is 0 Å². The van der Waals surface area contributed by atoms with Crippen molar-refractivity contribution in [2.45, 2.75) is 13.8 Å². The van der Waals surface area contributed by atoms with Crippen molar-refractivity contribution in [2.75, 3.05) is 13.6 Å². The van der Waals surface area contributed by atoms with Gasteiger partial charge >= 0.3 is 0 Å². The molecule has 16 heavy (non-hydrogen) atoms. The predicted molar refractivity (Wildman–Crippen MR) is 75.9 cm³/mol. The lowest BCUT2D eigenvalue weighted by Crippen LogP contribution is -2.13. The van der Waals surface area contributed by atoms with E-state index >= 15 is 0 Å². The highest BCUT2D eigenvalue weighted by molar-refractivity contribution is 9.10. The molecular weight excluding hydrogens is 286 g/mol. The number of hydrogen-bond donors (Lipinski definition) is 1. The summed E-state index contributed by atoms with van der Waals surface area (Å²) in [6.07, 6.45) is 2.19. The Morgan fingerprint density at radius 2 is 2.19 bits per heavy atom. The van der Waals surface area contributed by atoms with Crippen molar-refractivity contribution in [3.63, 3.8) is 0 Å². The lowest BCUT2D eigenvalue weighted by molar-refractivity contribution is 0.713. The van der Waals surface area contributed by atoms with Crippen molar-refractivity contribution >= 4 is 33.6 Å². The number of nitrogens with one attached hydrogen (secondary N) is 1. The number of halogens is 2. The third kappa shape index (κ3) is 3.93. The standard InChI is InChI=1S/C13H17BrClN/c1-9(2)11(8-16-3)6-10-7-12(15)4-5-13(10)14/h4-7,9,16H,8H2,1-3H3. The molecule has 0 spiro atoms. The second kappa shape index (κ2) is 6.43. The molecule has 0 heterocycles. The van der Waals surface area contributed by atoms with Crippen LogP contribution < -0.4 is 5.32 Å². The zero-order valence-electron chi connectivity index (χ0n) is 9.85. The van der Waals surface area contributed by atoms with E-state index in [4.69, 9.17) is 11.6 Å². The highest BCUT2D eigenvalue weighted by Crippen LogP contribution is 2.24. The maximum absolute atomic E-state index is 5.99. The molecule has 0 saturated carbocycles. The Balaban J connectivity index is 3.06. The van der Waals surface area contributed by atoms with E-state index in [9.17, 15) is 0 Å². The molecule has 0 atom stereocenters. The quantitative estimate of drug-likeness (QED) is 0.871. The molecule has 0 aliphatic carbocycles. The van der Waals surface area contributed by atoms with Gasteiger partial charge in [-0.25, -0.2) is 0 Å². The molecule has 0 radical (unpaired) electrons. The number of likely N-dealkylation sites (N-methyl/N-ethyl adjacent to an activating group) is 1. The maximum Gasteiger partial charge on any atom is 0.0412 e. The highest BCUT2D eigenvalue weighted by atomic mass is 79.9. The normalized spacial score (nSPS) is 12.2. The van der Waals surface area contributed by atoms with Gasteiger partial charge in [0.15, 0.2) is 0 Å². The van der Waals surface area contributed by atoms with Crippen molar-refractivity contribution < 1.29 is 0 Å². The van der Waals surface area contributed by atoms with E-state index in [1.54, 1.807) is 0 Å². The first-order chi connectivity index (χ1) is 7.54. The van der Waals surface area contributed by atoms with Crippen molar-refractivity contribution in [2.24, 2.45) is 5.92 Å². The minimum absolute atomic E-state index is 0.526. The Kier molecular flexibility index (Phi) is 5.53. The molecule has 0 aliphatic rings. The molecule has 1 aromatic rings. The van der Waals surface area contributed by atoms with Crippen molar-refractivity contribution in [1.82, 2.24) is 5.32 Å². The van der Waals surface area contributed by atoms with Crippen LogP contribution in [0.25, 0.3) is 6.08 Å². The van der Waals surface area contributed by atoms with Gasteiger partial charge in [-0.05, 0) is 36.7 Å². The summed E-state index contributed by atoms with van der Waals surface area (Å²) in [6, 6.07) is 5.84. The molecule has 3 heteroatoms. The summed E-state index contributed by atoms with van der Waals surface area (Å²) >= 11 is 9.53. The zero-order chi connectivity index (χ0) is 12.1. The van der Waals surface area contributed by atoms with Gasteiger partial charge in [-0.3, -0.25) is 0 Å².